The summed E-state index contributed by atoms with van der Waals surface area (Å²) < 4.78 is 0. The summed E-state index contributed by atoms with van der Waals surface area (Å²) >= 11 is 0. The minimum Gasteiger partial charge on any atom is -0.481 e. The molecule has 1 atom stereocenters. The minimum atomic E-state index is -0.788. The van der Waals surface area contributed by atoms with E-state index in [1.54, 1.807) is 11.8 Å². The number of amides is 1. The highest BCUT2D eigenvalue weighted by atomic mass is 16.4. The smallest absolute Gasteiger partial charge is 0.306 e. The number of nitrogens with zero attached hydrogens (tertiary/aromatic N) is 1. The molecule has 1 aromatic carbocycles. The SMILES string of the molecule is Cc1ccc(C(=O)N2CC(C(C)C(=O)O)C2)c(C)c1. The van der Waals surface area contributed by atoms with Gasteiger partial charge >= 0.3 is 5.97 Å². The van der Waals surface area contributed by atoms with Crippen molar-refractivity contribution < 1.29 is 14.7 Å². The second kappa shape index (κ2) is 5.03. The van der Waals surface area contributed by atoms with E-state index in [4.69, 9.17) is 5.11 Å². The van der Waals surface area contributed by atoms with Crippen LogP contribution in [0.1, 0.15) is 28.4 Å². The monoisotopic (exact) mass is 261 g/mol. The molecule has 1 aliphatic heterocycles. The van der Waals surface area contributed by atoms with Gasteiger partial charge in [0.2, 0.25) is 0 Å². The van der Waals surface area contributed by atoms with E-state index in [2.05, 4.69) is 0 Å². The van der Waals surface area contributed by atoms with E-state index in [1.807, 2.05) is 32.0 Å². The van der Waals surface area contributed by atoms with E-state index in [-0.39, 0.29) is 17.7 Å². The summed E-state index contributed by atoms with van der Waals surface area (Å²) in [5.74, 6) is -1.09. The molecule has 1 aromatic rings. The predicted octanol–water partition coefficient (Wildman–Crippen LogP) is 2.10. The van der Waals surface area contributed by atoms with Crippen LogP contribution in [0.5, 0.6) is 0 Å². The van der Waals surface area contributed by atoms with Crippen molar-refractivity contribution in [3.05, 3.63) is 34.9 Å². The second-order valence-corrected chi connectivity index (χ2v) is 5.42. The zero-order valence-electron chi connectivity index (χ0n) is 11.5. The van der Waals surface area contributed by atoms with Gasteiger partial charge in [0.15, 0.2) is 0 Å². The van der Waals surface area contributed by atoms with Gasteiger partial charge in [-0.15, -0.1) is 0 Å². The number of aliphatic carboxylic acids is 1. The number of carboxylic acid groups (broad SMARTS) is 1. The number of aryl methyl sites for hydroxylation is 2. The van der Waals surface area contributed by atoms with Gasteiger partial charge in [-0.1, -0.05) is 24.6 Å². The van der Waals surface area contributed by atoms with Crippen LogP contribution >= 0.6 is 0 Å². The van der Waals surface area contributed by atoms with Crippen molar-refractivity contribution in [3.8, 4) is 0 Å². The Morgan fingerprint density at radius 2 is 1.95 bits per heavy atom. The molecule has 1 unspecified atom stereocenters. The Bertz CT molecular complexity index is 518. The molecule has 1 aliphatic rings. The maximum Gasteiger partial charge on any atom is 0.306 e. The third kappa shape index (κ3) is 2.62. The normalized spacial score (nSPS) is 16.9. The second-order valence-electron chi connectivity index (χ2n) is 5.42. The summed E-state index contributed by atoms with van der Waals surface area (Å²) in [5, 5.41) is 8.93. The van der Waals surface area contributed by atoms with Gasteiger partial charge in [-0.2, -0.15) is 0 Å². The molecule has 1 heterocycles. The van der Waals surface area contributed by atoms with Crippen LogP contribution in [0.3, 0.4) is 0 Å². The first-order chi connectivity index (χ1) is 8.90. The largest absolute Gasteiger partial charge is 0.481 e. The molecule has 1 amide bonds. The Balaban J connectivity index is 2.02. The highest BCUT2D eigenvalue weighted by molar-refractivity contribution is 5.96. The summed E-state index contributed by atoms with van der Waals surface area (Å²) in [6.45, 7) is 6.71. The molecule has 0 aromatic heterocycles. The van der Waals surface area contributed by atoms with Crippen LogP contribution in [-0.2, 0) is 4.79 Å². The molecule has 1 N–H and O–H groups in total. The standard InChI is InChI=1S/C15H19NO3/c1-9-4-5-13(10(2)6-9)14(17)16-7-12(8-16)11(3)15(18)19/h4-6,11-12H,7-8H2,1-3H3,(H,18,19). The predicted molar refractivity (Wildman–Crippen MR) is 72.1 cm³/mol. The molecule has 0 radical (unpaired) electrons. The summed E-state index contributed by atoms with van der Waals surface area (Å²) in [7, 11) is 0. The average molecular weight is 261 g/mol. The topological polar surface area (TPSA) is 57.6 Å². The molecular weight excluding hydrogens is 242 g/mol. The molecule has 102 valence electrons. The number of likely N-dealkylation sites (tertiary alicyclic amines) is 1. The Labute approximate surface area is 113 Å². The van der Waals surface area contributed by atoms with Crippen molar-refractivity contribution in [2.24, 2.45) is 11.8 Å². The van der Waals surface area contributed by atoms with Crippen LogP contribution < -0.4 is 0 Å². The zero-order valence-corrected chi connectivity index (χ0v) is 11.5. The number of carbonyl (C=O) groups excluding carboxylic acids is 1. The van der Waals surface area contributed by atoms with Gasteiger partial charge < -0.3 is 10.0 Å². The number of carbonyl (C=O) groups is 2. The molecular formula is C15H19NO3. The van der Waals surface area contributed by atoms with Crippen molar-refractivity contribution >= 4 is 11.9 Å². The quantitative estimate of drug-likeness (QED) is 0.906. The van der Waals surface area contributed by atoms with Crippen LogP contribution in [-0.4, -0.2) is 35.0 Å². The number of rotatable bonds is 3. The third-order valence-corrected chi connectivity index (χ3v) is 3.91. The lowest BCUT2D eigenvalue weighted by Crippen LogP contribution is -2.53. The fourth-order valence-electron chi connectivity index (χ4n) is 2.42. The zero-order chi connectivity index (χ0) is 14.2. The molecule has 2 rings (SSSR count). The lowest BCUT2D eigenvalue weighted by Gasteiger charge is -2.41. The fraction of sp³-hybridized carbons (Fsp3) is 0.467. The van der Waals surface area contributed by atoms with Gasteiger partial charge in [0.1, 0.15) is 0 Å². The molecule has 0 bridgehead atoms. The number of hydrogen-bond acceptors (Lipinski definition) is 2. The third-order valence-electron chi connectivity index (χ3n) is 3.91. The minimum absolute atomic E-state index is 0.00587. The van der Waals surface area contributed by atoms with Gasteiger partial charge in [0.05, 0.1) is 5.92 Å². The van der Waals surface area contributed by atoms with Gasteiger partial charge in [0.25, 0.3) is 5.91 Å². The molecule has 0 spiro atoms. The van der Waals surface area contributed by atoms with E-state index in [1.165, 1.54) is 0 Å². The van der Waals surface area contributed by atoms with Crippen molar-refractivity contribution in [3.63, 3.8) is 0 Å². The van der Waals surface area contributed by atoms with Crippen LogP contribution in [0.25, 0.3) is 0 Å². The van der Waals surface area contributed by atoms with E-state index in [9.17, 15) is 9.59 Å². The molecule has 4 nitrogen and oxygen atoms in total. The lowest BCUT2D eigenvalue weighted by molar-refractivity contribution is -0.144. The van der Waals surface area contributed by atoms with Crippen molar-refractivity contribution in [1.29, 1.82) is 0 Å². The summed E-state index contributed by atoms with van der Waals surface area (Å²) in [4.78, 5) is 24.9. The Hall–Kier alpha value is -1.84. The first kappa shape index (κ1) is 13.6. The van der Waals surface area contributed by atoms with Crippen LogP contribution in [0.2, 0.25) is 0 Å². The summed E-state index contributed by atoms with van der Waals surface area (Å²) in [5.41, 5.74) is 2.82. The van der Waals surface area contributed by atoms with Gasteiger partial charge in [-0.05, 0) is 25.5 Å². The van der Waals surface area contributed by atoms with Crippen molar-refractivity contribution in [2.75, 3.05) is 13.1 Å². The fourth-order valence-corrected chi connectivity index (χ4v) is 2.42. The summed E-state index contributed by atoms with van der Waals surface area (Å²) in [6.07, 6.45) is 0. The molecule has 0 saturated carbocycles. The Morgan fingerprint density at radius 3 is 2.47 bits per heavy atom. The maximum atomic E-state index is 12.3. The van der Waals surface area contributed by atoms with E-state index in [0.29, 0.717) is 18.7 Å². The molecule has 4 heteroatoms. The van der Waals surface area contributed by atoms with Crippen molar-refractivity contribution in [2.45, 2.75) is 20.8 Å². The lowest BCUT2D eigenvalue weighted by atomic mass is 9.86. The van der Waals surface area contributed by atoms with Crippen LogP contribution in [0, 0.1) is 25.7 Å². The molecule has 19 heavy (non-hydrogen) atoms. The van der Waals surface area contributed by atoms with E-state index >= 15 is 0 Å². The number of carboxylic acids is 1. The maximum absolute atomic E-state index is 12.3. The van der Waals surface area contributed by atoms with E-state index < -0.39 is 5.97 Å². The van der Waals surface area contributed by atoms with Gasteiger partial charge in [-0.25, -0.2) is 0 Å². The number of hydrogen-bond donors (Lipinski definition) is 1. The van der Waals surface area contributed by atoms with Crippen LogP contribution in [0.15, 0.2) is 18.2 Å². The van der Waals surface area contributed by atoms with E-state index in [0.717, 1.165) is 11.1 Å². The van der Waals surface area contributed by atoms with Gasteiger partial charge in [0, 0.05) is 24.6 Å². The first-order valence-corrected chi connectivity index (χ1v) is 6.49. The average Bonchev–Trinajstić information content (AvgIpc) is 2.26. The van der Waals surface area contributed by atoms with Crippen molar-refractivity contribution in [1.82, 2.24) is 4.90 Å². The Morgan fingerprint density at radius 1 is 1.32 bits per heavy atom. The molecule has 1 fully saturated rings. The Kier molecular flexibility index (Phi) is 3.60. The molecule has 0 aliphatic carbocycles. The summed E-state index contributed by atoms with van der Waals surface area (Å²) in [6, 6.07) is 5.77. The highest BCUT2D eigenvalue weighted by Gasteiger charge is 2.37. The van der Waals surface area contributed by atoms with Crippen LogP contribution in [0.4, 0.5) is 0 Å². The van der Waals surface area contributed by atoms with Gasteiger partial charge in [-0.3, -0.25) is 9.59 Å². The number of benzene rings is 1. The molecule has 1 saturated heterocycles. The highest BCUT2D eigenvalue weighted by Crippen LogP contribution is 2.26. The first-order valence-electron chi connectivity index (χ1n) is 6.49.